The Hall–Kier alpha value is -2.18. The third-order valence-electron chi connectivity index (χ3n) is 3.77. The van der Waals surface area contributed by atoms with Gasteiger partial charge in [0.2, 0.25) is 15.9 Å². The second-order valence-corrected chi connectivity index (χ2v) is 8.00. The van der Waals surface area contributed by atoms with Gasteiger partial charge in [-0.2, -0.15) is 0 Å². The molecule has 128 valence electrons. The summed E-state index contributed by atoms with van der Waals surface area (Å²) in [6.45, 7) is 1.83. The molecule has 2 rings (SSSR count). The molecule has 6 heteroatoms. The van der Waals surface area contributed by atoms with Crippen LogP contribution < -0.4 is 5.32 Å². The van der Waals surface area contributed by atoms with Crippen LogP contribution in [0.1, 0.15) is 18.5 Å². The zero-order chi connectivity index (χ0) is 17.7. The Kier molecular flexibility index (Phi) is 5.75. The highest BCUT2D eigenvalue weighted by molar-refractivity contribution is 7.89. The minimum atomic E-state index is -3.55. The standard InChI is InChI=1S/C18H22N2O3S/c1-14(19-18(21)13-24(22,23)20(2)3)15-9-11-17(12-10-15)16-7-5-4-6-8-16/h4-12,14H,13H2,1-3H3,(H,19,21)/t14-/m0/s1. The first kappa shape index (κ1) is 18.2. The van der Waals surface area contributed by atoms with Crippen molar-refractivity contribution in [2.45, 2.75) is 13.0 Å². The Morgan fingerprint density at radius 1 is 1.00 bits per heavy atom. The Bertz CT molecular complexity index is 785. The lowest BCUT2D eigenvalue weighted by molar-refractivity contribution is -0.119. The van der Waals surface area contributed by atoms with Crippen molar-refractivity contribution in [1.29, 1.82) is 0 Å². The van der Waals surface area contributed by atoms with E-state index in [-0.39, 0.29) is 6.04 Å². The predicted molar refractivity (Wildman–Crippen MR) is 95.9 cm³/mol. The molecular weight excluding hydrogens is 324 g/mol. The highest BCUT2D eigenvalue weighted by Gasteiger charge is 2.20. The van der Waals surface area contributed by atoms with Gasteiger partial charge in [-0.25, -0.2) is 12.7 Å². The van der Waals surface area contributed by atoms with Gasteiger partial charge < -0.3 is 5.32 Å². The summed E-state index contributed by atoms with van der Waals surface area (Å²) in [5.74, 6) is -1.06. The number of nitrogens with zero attached hydrogens (tertiary/aromatic N) is 1. The molecule has 0 radical (unpaired) electrons. The van der Waals surface area contributed by atoms with E-state index in [0.717, 1.165) is 21.0 Å². The molecule has 0 aromatic heterocycles. The number of carbonyl (C=O) groups is 1. The molecular formula is C18H22N2O3S. The van der Waals surface area contributed by atoms with Crippen molar-refractivity contribution in [2.24, 2.45) is 0 Å². The van der Waals surface area contributed by atoms with Gasteiger partial charge in [0.25, 0.3) is 0 Å². The van der Waals surface area contributed by atoms with Crippen LogP contribution in [-0.2, 0) is 14.8 Å². The van der Waals surface area contributed by atoms with E-state index in [0.29, 0.717) is 0 Å². The third-order valence-corrected chi connectivity index (χ3v) is 5.50. The fourth-order valence-electron chi connectivity index (χ4n) is 2.26. The van der Waals surface area contributed by atoms with Gasteiger partial charge in [0.15, 0.2) is 0 Å². The van der Waals surface area contributed by atoms with Crippen LogP contribution in [0, 0.1) is 0 Å². The summed E-state index contributed by atoms with van der Waals surface area (Å²) in [4.78, 5) is 11.9. The Labute approximate surface area is 143 Å². The fourth-order valence-corrected chi connectivity index (χ4v) is 2.93. The summed E-state index contributed by atoms with van der Waals surface area (Å²) in [7, 11) is -0.725. The van der Waals surface area contributed by atoms with E-state index in [4.69, 9.17) is 0 Å². The van der Waals surface area contributed by atoms with E-state index in [1.807, 2.05) is 61.5 Å². The van der Waals surface area contributed by atoms with E-state index >= 15 is 0 Å². The van der Waals surface area contributed by atoms with Crippen molar-refractivity contribution >= 4 is 15.9 Å². The maximum atomic E-state index is 11.9. The molecule has 0 aliphatic rings. The molecule has 0 unspecified atom stereocenters. The molecule has 24 heavy (non-hydrogen) atoms. The first-order valence-corrected chi connectivity index (χ1v) is 9.25. The second kappa shape index (κ2) is 7.59. The van der Waals surface area contributed by atoms with E-state index in [1.165, 1.54) is 14.1 Å². The van der Waals surface area contributed by atoms with Gasteiger partial charge >= 0.3 is 0 Å². The van der Waals surface area contributed by atoms with Crippen LogP contribution in [0.25, 0.3) is 11.1 Å². The van der Waals surface area contributed by atoms with Crippen LogP contribution >= 0.6 is 0 Å². The van der Waals surface area contributed by atoms with Crippen LogP contribution in [0.3, 0.4) is 0 Å². The normalized spacial score (nSPS) is 12.8. The van der Waals surface area contributed by atoms with Gasteiger partial charge in [0, 0.05) is 14.1 Å². The van der Waals surface area contributed by atoms with Crippen LogP contribution in [0.15, 0.2) is 54.6 Å². The third kappa shape index (κ3) is 4.66. The van der Waals surface area contributed by atoms with Crippen LogP contribution in [0.2, 0.25) is 0 Å². The van der Waals surface area contributed by atoms with Crippen molar-refractivity contribution in [3.05, 3.63) is 60.2 Å². The first-order chi connectivity index (χ1) is 11.3. The van der Waals surface area contributed by atoms with Gasteiger partial charge in [-0.15, -0.1) is 0 Å². The number of nitrogens with one attached hydrogen (secondary N) is 1. The van der Waals surface area contributed by atoms with Gasteiger partial charge in [-0.05, 0) is 23.6 Å². The summed E-state index contributed by atoms with van der Waals surface area (Å²) in [6.07, 6.45) is 0. The summed E-state index contributed by atoms with van der Waals surface area (Å²) in [6, 6.07) is 17.6. The van der Waals surface area contributed by atoms with Crippen LogP contribution in [0.4, 0.5) is 0 Å². The Morgan fingerprint density at radius 2 is 1.54 bits per heavy atom. The second-order valence-electron chi connectivity index (χ2n) is 5.82. The number of amides is 1. The molecule has 2 aromatic rings. The van der Waals surface area contributed by atoms with Gasteiger partial charge in [-0.3, -0.25) is 4.79 Å². The molecule has 0 aliphatic heterocycles. The molecule has 0 aliphatic carbocycles. The smallest absolute Gasteiger partial charge is 0.237 e. The topological polar surface area (TPSA) is 66.5 Å². The van der Waals surface area contributed by atoms with Crippen molar-refractivity contribution in [3.8, 4) is 11.1 Å². The fraction of sp³-hybridized carbons (Fsp3) is 0.278. The van der Waals surface area contributed by atoms with Crippen molar-refractivity contribution in [1.82, 2.24) is 9.62 Å². The number of rotatable bonds is 6. The summed E-state index contributed by atoms with van der Waals surface area (Å²) in [5.41, 5.74) is 3.14. The van der Waals surface area contributed by atoms with Crippen LogP contribution in [-0.4, -0.2) is 38.5 Å². The Morgan fingerprint density at radius 3 is 2.08 bits per heavy atom. The summed E-state index contributed by atoms with van der Waals surface area (Å²) < 4.78 is 24.5. The average molecular weight is 346 g/mol. The number of benzene rings is 2. The molecule has 1 N–H and O–H groups in total. The first-order valence-electron chi connectivity index (χ1n) is 7.64. The zero-order valence-electron chi connectivity index (χ0n) is 14.1. The lowest BCUT2D eigenvalue weighted by atomic mass is 10.0. The minimum absolute atomic E-state index is 0.264. The highest BCUT2D eigenvalue weighted by Crippen LogP contribution is 2.21. The average Bonchev–Trinajstić information content (AvgIpc) is 2.55. The van der Waals surface area contributed by atoms with E-state index in [1.54, 1.807) is 0 Å². The molecule has 0 heterocycles. The van der Waals surface area contributed by atoms with E-state index < -0.39 is 21.7 Å². The predicted octanol–water partition coefficient (Wildman–Crippen LogP) is 2.42. The zero-order valence-corrected chi connectivity index (χ0v) is 14.9. The lowest BCUT2D eigenvalue weighted by Gasteiger charge is -2.16. The van der Waals surface area contributed by atoms with E-state index in [2.05, 4.69) is 5.32 Å². The molecule has 2 aromatic carbocycles. The molecule has 0 spiro atoms. The quantitative estimate of drug-likeness (QED) is 0.873. The number of carbonyl (C=O) groups excluding carboxylic acids is 1. The Balaban J connectivity index is 2.03. The molecule has 1 amide bonds. The monoisotopic (exact) mass is 346 g/mol. The lowest BCUT2D eigenvalue weighted by Crippen LogP contribution is -2.36. The molecule has 0 saturated heterocycles. The molecule has 0 fully saturated rings. The van der Waals surface area contributed by atoms with Crippen LogP contribution in [0.5, 0.6) is 0 Å². The summed E-state index contributed by atoms with van der Waals surface area (Å²) in [5, 5.41) is 2.72. The maximum absolute atomic E-state index is 11.9. The van der Waals surface area contributed by atoms with Crippen molar-refractivity contribution in [3.63, 3.8) is 0 Å². The van der Waals surface area contributed by atoms with E-state index in [9.17, 15) is 13.2 Å². The molecule has 0 bridgehead atoms. The SMILES string of the molecule is C[C@H](NC(=O)CS(=O)(=O)N(C)C)c1ccc(-c2ccccc2)cc1. The number of hydrogen-bond donors (Lipinski definition) is 1. The number of sulfonamides is 1. The van der Waals surface area contributed by atoms with Crippen molar-refractivity contribution in [2.75, 3.05) is 19.8 Å². The maximum Gasteiger partial charge on any atom is 0.237 e. The number of hydrogen-bond acceptors (Lipinski definition) is 3. The van der Waals surface area contributed by atoms with Crippen molar-refractivity contribution < 1.29 is 13.2 Å². The van der Waals surface area contributed by atoms with Gasteiger partial charge in [-0.1, -0.05) is 54.6 Å². The van der Waals surface area contributed by atoms with Gasteiger partial charge in [0.1, 0.15) is 5.75 Å². The molecule has 0 saturated carbocycles. The largest absolute Gasteiger partial charge is 0.349 e. The molecule has 1 atom stereocenters. The minimum Gasteiger partial charge on any atom is -0.349 e. The van der Waals surface area contributed by atoms with Gasteiger partial charge in [0.05, 0.1) is 6.04 Å². The molecule has 5 nitrogen and oxygen atoms in total. The summed E-state index contributed by atoms with van der Waals surface area (Å²) >= 11 is 0. The highest BCUT2D eigenvalue weighted by atomic mass is 32.2.